The van der Waals surface area contributed by atoms with E-state index in [1.165, 1.54) is 0 Å². The second-order valence-electron chi connectivity index (χ2n) is 8.25. The van der Waals surface area contributed by atoms with Gasteiger partial charge < -0.3 is 9.72 Å². The van der Waals surface area contributed by atoms with Crippen LogP contribution in [0.25, 0.3) is 38.0 Å². The average Bonchev–Trinajstić information content (AvgIpc) is 3.62. The minimum absolute atomic E-state index is 0.448. The van der Waals surface area contributed by atoms with Crippen LogP contribution in [0.5, 0.6) is 5.75 Å². The third-order valence-corrected chi connectivity index (χ3v) is 6.84. The minimum Gasteiger partial charge on any atom is -0.489 e. The summed E-state index contributed by atoms with van der Waals surface area (Å²) in [5, 5.41) is 5.62. The Morgan fingerprint density at radius 3 is 2.69 bits per heavy atom. The number of nitrogens with one attached hydrogen (secondary N) is 1. The van der Waals surface area contributed by atoms with Crippen molar-refractivity contribution in [3.8, 4) is 38.3 Å². The number of aryl methyl sites for hydroxylation is 2. The smallest absolute Gasteiger partial charge is 0.149 e. The van der Waals surface area contributed by atoms with Crippen LogP contribution in [0, 0.1) is 13.8 Å². The lowest BCUT2D eigenvalue weighted by Gasteiger charge is -2.07. The summed E-state index contributed by atoms with van der Waals surface area (Å²) in [6.45, 7) is 4.43. The summed E-state index contributed by atoms with van der Waals surface area (Å²) in [5.41, 5.74) is 6.81. The van der Waals surface area contributed by atoms with Crippen LogP contribution in [-0.2, 0) is 6.61 Å². The number of fused-ring (bicyclic) bond motifs is 1. The van der Waals surface area contributed by atoms with E-state index in [-0.39, 0.29) is 0 Å². The fourth-order valence-corrected chi connectivity index (χ4v) is 5.17. The maximum atomic E-state index is 6.08. The molecule has 0 amide bonds. The molecule has 1 aromatic carbocycles. The Hall–Kier alpha value is -4.30. The zero-order valence-corrected chi connectivity index (χ0v) is 20.1. The van der Waals surface area contributed by atoms with Crippen molar-refractivity contribution in [3.05, 3.63) is 96.3 Å². The maximum Gasteiger partial charge on any atom is 0.149 e. The monoisotopic (exact) mass is 478 g/mol. The van der Waals surface area contributed by atoms with Gasteiger partial charge in [0.2, 0.25) is 0 Å². The van der Waals surface area contributed by atoms with Crippen LogP contribution < -0.4 is 4.74 Å². The minimum atomic E-state index is 0.448. The van der Waals surface area contributed by atoms with E-state index in [9.17, 15) is 0 Å². The molecule has 5 aromatic heterocycles. The van der Waals surface area contributed by atoms with Crippen LogP contribution in [0.15, 0.2) is 79.4 Å². The molecule has 8 heteroatoms. The number of imidazole rings is 1. The molecule has 6 rings (SSSR count). The van der Waals surface area contributed by atoms with Gasteiger partial charge in [-0.3, -0.25) is 4.98 Å². The third kappa shape index (κ3) is 4.08. The fourth-order valence-electron chi connectivity index (χ4n) is 4.02. The standard InChI is InChI=1S/C27H22N6OS/c1-17-8-9-19(15-30-17)16-34-21-10-13-33-22(14-21)23(18(2)32-33)27-31-24(20-6-4-3-5-7-20)25(35-27)26-28-11-12-29-26/h3-15H,16H2,1-2H3,(H,28,29). The predicted octanol–water partition coefficient (Wildman–Crippen LogP) is 6.11. The highest BCUT2D eigenvalue weighted by atomic mass is 32.1. The van der Waals surface area contributed by atoms with E-state index in [1.54, 1.807) is 17.5 Å². The van der Waals surface area contributed by atoms with Crippen molar-refractivity contribution < 1.29 is 4.74 Å². The van der Waals surface area contributed by atoms with Gasteiger partial charge in [0, 0.05) is 47.7 Å². The summed E-state index contributed by atoms with van der Waals surface area (Å²) in [4.78, 5) is 18.1. The number of nitrogens with zero attached hydrogens (tertiary/aromatic N) is 5. The Balaban J connectivity index is 1.41. The number of aromatic nitrogens is 6. The molecule has 0 bridgehead atoms. The summed E-state index contributed by atoms with van der Waals surface area (Å²) in [6.07, 6.45) is 7.36. The van der Waals surface area contributed by atoms with Gasteiger partial charge in [-0.15, -0.1) is 11.3 Å². The summed E-state index contributed by atoms with van der Waals surface area (Å²) < 4.78 is 7.96. The molecule has 0 fully saturated rings. The first-order chi connectivity index (χ1) is 17.2. The lowest BCUT2D eigenvalue weighted by atomic mass is 10.1. The van der Waals surface area contributed by atoms with E-state index in [2.05, 4.69) is 27.1 Å². The highest BCUT2D eigenvalue weighted by Gasteiger charge is 2.22. The van der Waals surface area contributed by atoms with Crippen LogP contribution in [0.1, 0.15) is 17.0 Å². The molecule has 0 aliphatic heterocycles. The first-order valence-electron chi connectivity index (χ1n) is 11.3. The van der Waals surface area contributed by atoms with Gasteiger partial charge in [-0.25, -0.2) is 14.5 Å². The summed E-state index contributed by atoms with van der Waals surface area (Å²) in [5.74, 6) is 1.57. The molecule has 1 N–H and O–H groups in total. The zero-order valence-electron chi connectivity index (χ0n) is 19.3. The van der Waals surface area contributed by atoms with Crippen molar-refractivity contribution in [2.24, 2.45) is 0 Å². The Bertz CT molecular complexity index is 1600. The van der Waals surface area contributed by atoms with Gasteiger partial charge in [0.1, 0.15) is 23.2 Å². The van der Waals surface area contributed by atoms with E-state index in [0.29, 0.717) is 6.61 Å². The molecule has 0 unspecified atom stereocenters. The number of aromatic amines is 1. The lowest BCUT2D eigenvalue weighted by Crippen LogP contribution is -1.97. The van der Waals surface area contributed by atoms with Crippen molar-refractivity contribution in [3.63, 3.8) is 0 Å². The van der Waals surface area contributed by atoms with E-state index in [4.69, 9.17) is 14.8 Å². The molecule has 0 saturated heterocycles. The number of benzene rings is 1. The Kier molecular flexibility index (Phi) is 5.35. The predicted molar refractivity (Wildman–Crippen MR) is 137 cm³/mol. The number of hydrogen-bond donors (Lipinski definition) is 1. The molecule has 0 radical (unpaired) electrons. The van der Waals surface area contributed by atoms with Crippen molar-refractivity contribution in [2.75, 3.05) is 0 Å². The van der Waals surface area contributed by atoms with Crippen LogP contribution in [0.4, 0.5) is 0 Å². The van der Waals surface area contributed by atoms with E-state index in [0.717, 1.165) is 60.7 Å². The topological polar surface area (TPSA) is 81.0 Å². The fraction of sp³-hybridized carbons (Fsp3) is 0.111. The van der Waals surface area contributed by atoms with Crippen LogP contribution >= 0.6 is 11.3 Å². The van der Waals surface area contributed by atoms with Crippen LogP contribution in [0.2, 0.25) is 0 Å². The Morgan fingerprint density at radius 2 is 1.91 bits per heavy atom. The first kappa shape index (κ1) is 21.2. The molecule has 35 heavy (non-hydrogen) atoms. The van der Waals surface area contributed by atoms with Gasteiger partial charge in [0.25, 0.3) is 0 Å². The maximum absolute atomic E-state index is 6.08. The largest absolute Gasteiger partial charge is 0.489 e. The highest BCUT2D eigenvalue weighted by molar-refractivity contribution is 7.19. The first-order valence-corrected chi connectivity index (χ1v) is 12.1. The Labute approximate surface area is 206 Å². The Morgan fingerprint density at radius 1 is 1.03 bits per heavy atom. The number of thiazole rings is 1. The molecule has 0 aliphatic rings. The van der Waals surface area contributed by atoms with Crippen molar-refractivity contribution in [1.82, 2.24) is 29.5 Å². The summed E-state index contributed by atoms with van der Waals surface area (Å²) in [6, 6.07) is 18.2. The molecule has 5 heterocycles. The summed E-state index contributed by atoms with van der Waals surface area (Å²) >= 11 is 1.61. The second kappa shape index (κ2) is 8.81. The van der Waals surface area contributed by atoms with E-state index < -0.39 is 0 Å². The average molecular weight is 479 g/mol. The van der Waals surface area contributed by atoms with Gasteiger partial charge >= 0.3 is 0 Å². The van der Waals surface area contributed by atoms with Gasteiger partial charge in [-0.2, -0.15) is 5.10 Å². The normalized spacial score (nSPS) is 11.3. The van der Waals surface area contributed by atoms with Gasteiger partial charge in [0.15, 0.2) is 0 Å². The number of rotatable bonds is 6. The van der Waals surface area contributed by atoms with Gasteiger partial charge in [0.05, 0.1) is 27.3 Å². The van der Waals surface area contributed by atoms with Crippen molar-refractivity contribution in [1.29, 1.82) is 0 Å². The zero-order chi connectivity index (χ0) is 23.8. The second-order valence-corrected chi connectivity index (χ2v) is 9.25. The molecule has 6 aromatic rings. The lowest BCUT2D eigenvalue weighted by molar-refractivity contribution is 0.305. The number of H-pyrrole nitrogens is 1. The SMILES string of the molecule is Cc1ccc(COc2ccn3nc(C)c(-c4nc(-c5ccccc5)c(-c5ncc[nH]5)s4)c3c2)cn1. The van der Waals surface area contributed by atoms with Crippen LogP contribution in [-0.4, -0.2) is 29.5 Å². The molecule has 0 saturated carbocycles. The molecule has 172 valence electrons. The molecule has 0 aliphatic carbocycles. The van der Waals surface area contributed by atoms with Crippen molar-refractivity contribution >= 4 is 16.9 Å². The highest BCUT2D eigenvalue weighted by Crippen LogP contribution is 2.41. The summed E-state index contributed by atoms with van der Waals surface area (Å²) in [7, 11) is 0. The van der Waals surface area contributed by atoms with E-state index >= 15 is 0 Å². The molecule has 7 nitrogen and oxygen atoms in total. The van der Waals surface area contributed by atoms with Gasteiger partial charge in [-0.1, -0.05) is 36.4 Å². The molecule has 0 spiro atoms. The molecular formula is C27H22N6OS. The quantitative estimate of drug-likeness (QED) is 0.313. The number of hydrogen-bond acceptors (Lipinski definition) is 6. The molecular weight excluding hydrogens is 456 g/mol. The number of pyridine rings is 2. The van der Waals surface area contributed by atoms with Crippen LogP contribution in [0.3, 0.4) is 0 Å². The number of ether oxygens (including phenoxy) is 1. The van der Waals surface area contributed by atoms with Crippen molar-refractivity contribution in [2.45, 2.75) is 20.5 Å². The van der Waals surface area contributed by atoms with Gasteiger partial charge in [-0.05, 0) is 26.0 Å². The van der Waals surface area contributed by atoms with E-state index in [1.807, 2.05) is 79.4 Å². The third-order valence-electron chi connectivity index (χ3n) is 5.76. The molecule has 0 atom stereocenters.